The number of benzene rings is 1. The molecule has 5 nitrogen and oxygen atoms in total. The van der Waals surface area contributed by atoms with Gasteiger partial charge in [0.1, 0.15) is 5.82 Å². The molecule has 0 amide bonds. The SMILES string of the molecule is Cc1cc(-c2cccc(F)c2)nn2c(C(=O)O)cnc12. The first-order valence-corrected chi connectivity index (χ1v) is 5.91. The highest BCUT2D eigenvalue weighted by Gasteiger charge is 2.14. The van der Waals surface area contributed by atoms with Crippen molar-refractivity contribution < 1.29 is 14.3 Å². The number of imidazole rings is 1. The smallest absolute Gasteiger partial charge is 0.356 e. The van der Waals surface area contributed by atoms with Crippen molar-refractivity contribution >= 4 is 11.6 Å². The Kier molecular flexibility index (Phi) is 2.71. The molecule has 3 aromatic rings. The van der Waals surface area contributed by atoms with Crippen molar-refractivity contribution in [1.82, 2.24) is 14.6 Å². The number of hydrogen-bond donors (Lipinski definition) is 1. The first-order valence-electron chi connectivity index (χ1n) is 5.91. The average molecular weight is 271 g/mol. The molecular formula is C14H10FN3O2. The number of aromatic carboxylic acids is 1. The van der Waals surface area contributed by atoms with Gasteiger partial charge in [-0.15, -0.1) is 0 Å². The van der Waals surface area contributed by atoms with Crippen LogP contribution in [0.15, 0.2) is 36.5 Å². The van der Waals surface area contributed by atoms with E-state index < -0.39 is 5.97 Å². The van der Waals surface area contributed by atoms with Crippen molar-refractivity contribution in [2.24, 2.45) is 0 Å². The highest BCUT2D eigenvalue weighted by molar-refractivity contribution is 5.86. The molecule has 0 unspecified atom stereocenters. The summed E-state index contributed by atoms with van der Waals surface area (Å²) in [6.07, 6.45) is 1.26. The van der Waals surface area contributed by atoms with Crippen molar-refractivity contribution in [2.45, 2.75) is 6.92 Å². The number of aryl methyl sites for hydroxylation is 1. The van der Waals surface area contributed by atoms with E-state index in [-0.39, 0.29) is 11.5 Å². The highest BCUT2D eigenvalue weighted by atomic mass is 19.1. The van der Waals surface area contributed by atoms with E-state index in [0.717, 1.165) is 5.56 Å². The molecule has 0 radical (unpaired) electrons. The molecule has 100 valence electrons. The minimum atomic E-state index is -1.11. The maximum absolute atomic E-state index is 13.3. The molecule has 0 saturated heterocycles. The van der Waals surface area contributed by atoms with Gasteiger partial charge in [-0.1, -0.05) is 12.1 Å². The van der Waals surface area contributed by atoms with Crippen molar-refractivity contribution in [3.05, 3.63) is 53.6 Å². The van der Waals surface area contributed by atoms with Gasteiger partial charge in [-0.25, -0.2) is 18.7 Å². The Hall–Kier alpha value is -2.76. The Morgan fingerprint density at radius 1 is 1.35 bits per heavy atom. The van der Waals surface area contributed by atoms with Crippen LogP contribution in [0, 0.1) is 12.7 Å². The summed E-state index contributed by atoms with van der Waals surface area (Å²) >= 11 is 0. The van der Waals surface area contributed by atoms with Crippen LogP contribution in [0.2, 0.25) is 0 Å². The number of carboxylic acids is 1. The van der Waals surface area contributed by atoms with Gasteiger partial charge >= 0.3 is 5.97 Å². The van der Waals surface area contributed by atoms with E-state index in [4.69, 9.17) is 5.11 Å². The van der Waals surface area contributed by atoms with Gasteiger partial charge in [0.05, 0.1) is 11.9 Å². The second-order valence-electron chi connectivity index (χ2n) is 4.41. The molecule has 0 spiro atoms. The number of nitrogens with zero attached hydrogens (tertiary/aromatic N) is 3. The summed E-state index contributed by atoms with van der Waals surface area (Å²) in [5.74, 6) is -1.48. The van der Waals surface area contributed by atoms with E-state index in [9.17, 15) is 9.18 Å². The van der Waals surface area contributed by atoms with E-state index in [1.807, 2.05) is 0 Å². The summed E-state index contributed by atoms with van der Waals surface area (Å²) in [5.41, 5.74) is 2.30. The summed E-state index contributed by atoms with van der Waals surface area (Å²) in [6, 6.07) is 7.74. The van der Waals surface area contributed by atoms with Gasteiger partial charge in [0.25, 0.3) is 0 Å². The van der Waals surface area contributed by atoms with Gasteiger partial charge in [-0.05, 0) is 30.7 Å². The van der Waals surface area contributed by atoms with E-state index in [0.29, 0.717) is 16.9 Å². The number of rotatable bonds is 2. The molecule has 0 aliphatic heterocycles. The number of halogens is 1. The maximum atomic E-state index is 13.3. The normalized spacial score (nSPS) is 10.9. The highest BCUT2D eigenvalue weighted by Crippen LogP contribution is 2.21. The van der Waals surface area contributed by atoms with Gasteiger partial charge in [-0.2, -0.15) is 5.10 Å². The third-order valence-electron chi connectivity index (χ3n) is 2.99. The lowest BCUT2D eigenvalue weighted by molar-refractivity contribution is 0.0688. The minimum Gasteiger partial charge on any atom is -0.476 e. The molecule has 2 heterocycles. The lowest BCUT2D eigenvalue weighted by Gasteiger charge is -2.05. The molecule has 1 N–H and O–H groups in total. The lowest BCUT2D eigenvalue weighted by atomic mass is 10.1. The van der Waals surface area contributed by atoms with Crippen LogP contribution in [-0.4, -0.2) is 25.7 Å². The number of carboxylic acid groups (broad SMARTS) is 1. The molecule has 1 aromatic carbocycles. The maximum Gasteiger partial charge on any atom is 0.356 e. The van der Waals surface area contributed by atoms with Crippen LogP contribution in [0.3, 0.4) is 0 Å². The molecule has 0 saturated carbocycles. The fraction of sp³-hybridized carbons (Fsp3) is 0.0714. The quantitative estimate of drug-likeness (QED) is 0.777. The largest absolute Gasteiger partial charge is 0.476 e. The standard InChI is InChI=1S/C14H10FN3O2/c1-8-5-11(9-3-2-4-10(15)6-9)17-18-12(14(19)20)7-16-13(8)18/h2-7H,1H3,(H,19,20). The monoisotopic (exact) mass is 271 g/mol. The molecule has 20 heavy (non-hydrogen) atoms. The fourth-order valence-corrected chi connectivity index (χ4v) is 2.06. The third kappa shape index (κ3) is 1.91. The predicted molar refractivity (Wildman–Crippen MR) is 70.1 cm³/mol. The van der Waals surface area contributed by atoms with Gasteiger partial charge in [0.2, 0.25) is 0 Å². The Bertz CT molecular complexity index is 826. The minimum absolute atomic E-state index is 0.0265. The zero-order chi connectivity index (χ0) is 14.3. The molecule has 2 aromatic heterocycles. The molecule has 0 aliphatic rings. The third-order valence-corrected chi connectivity index (χ3v) is 2.99. The second-order valence-corrected chi connectivity index (χ2v) is 4.41. The Labute approximate surface area is 113 Å². The van der Waals surface area contributed by atoms with Gasteiger partial charge in [0, 0.05) is 5.56 Å². The molecule has 6 heteroatoms. The van der Waals surface area contributed by atoms with Crippen LogP contribution in [0.5, 0.6) is 0 Å². The molecule has 0 aliphatic carbocycles. The Morgan fingerprint density at radius 3 is 2.85 bits per heavy atom. The van der Waals surface area contributed by atoms with Crippen LogP contribution in [-0.2, 0) is 0 Å². The van der Waals surface area contributed by atoms with Crippen LogP contribution >= 0.6 is 0 Å². The van der Waals surface area contributed by atoms with Crippen molar-refractivity contribution in [3.63, 3.8) is 0 Å². The van der Waals surface area contributed by atoms with Crippen LogP contribution in [0.25, 0.3) is 16.9 Å². The molecular weight excluding hydrogens is 261 g/mol. The molecule has 0 fully saturated rings. The van der Waals surface area contributed by atoms with E-state index in [1.54, 1.807) is 25.1 Å². The van der Waals surface area contributed by atoms with Crippen LogP contribution in [0.4, 0.5) is 4.39 Å². The van der Waals surface area contributed by atoms with Gasteiger partial charge < -0.3 is 5.11 Å². The predicted octanol–water partition coefficient (Wildman–Crippen LogP) is 2.54. The van der Waals surface area contributed by atoms with Gasteiger partial charge in [-0.3, -0.25) is 0 Å². The number of carbonyl (C=O) groups is 1. The molecule has 3 rings (SSSR count). The van der Waals surface area contributed by atoms with E-state index in [2.05, 4.69) is 10.1 Å². The van der Waals surface area contributed by atoms with Gasteiger partial charge in [0.15, 0.2) is 11.3 Å². The lowest BCUT2D eigenvalue weighted by Crippen LogP contribution is -2.06. The van der Waals surface area contributed by atoms with Crippen molar-refractivity contribution in [2.75, 3.05) is 0 Å². The van der Waals surface area contributed by atoms with Crippen molar-refractivity contribution in [1.29, 1.82) is 0 Å². The summed E-state index contributed by atoms with van der Waals surface area (Å²) in [6.45, 7) is 1.80. The zero-order valence-corrected chi connectivity index (χ0v) is 10.5. The topological polar surface area (TPSA) is 67.5 Å². The first-order chi connectivity index (χ1) is 9.56. The van der Waals surface area contributed by atoms with Crippen LogP contribution in [0.1, 0.15) is 16.1 Å². The number of fused-ring (bicyclic) bond motifs is 1. The average Bonchev–Trinajstić information content (AvgIpc) is 2.83. The number of hydrogen-bond acceptors (Lipinski definition) is 3. The molecule has 0 atom stereocenters. The second kappa shape index (κ2) is 4.41. The molecule has 0 bridgehead atoms. The van der Waals surface area contributed by atoms with E-state index in [1.165, 1.54) is 22.8 Å². The first kappa shape index (κ1) is 12.3. The summed E-state index contributed by atoms with van der Waals surface area (Å²) in [4.78, 5) is 15.2. The Balaban J connectivity index is 2.27. The summed E-state index contributed by atoms with van der Waals surface area (Å²) in [5, 5.41) is 13.3. The Morgan fingerprint density at radius 2 is 2.15 bits per heavy atom. The number of aromatic nitrogens is 3. The summed E-state index contributed by atoms with van der Waals surface area (Å²) < 4.78 is 14.5. The zero-order valence-electron chi connectivity index (χ0n) is 10.5. The summed E-state index contributed by atoms with van der Waals surface area (Å²) in [7, 11) is 0. The van der Waals surface area contributed by atoms with E-state index >= 15 is 0 Å². The van der Waals surface area contributed by atoms with Crippen molar-refractivity contribution in [3.8, 4) is 11.3 Å². The fourth-order valence-electron chi connectivity index (χ4n) is 2.06. The van der Waals surface area contributed by atoms with Crippen LogP contribution < -0.4 is 0 Å².